The van der Waals surface area contributed by atoms with Crippen molar-refractivity contribution in [3.63, 3.8) is 0 Å². The lowest BCUT2D eigenvalue weighted by Gasteiger charge is -2.15. The van der Waals surface area contributed by atoms with E-state index in [1.54, 1.807) is 6.92 Å². The van der Waals surface area contributed by atoms with Gasteiger partial charge in [-0.15, -0.1) is 0 Å². The zero-order valence-electron chi connectivity index (χ0n) is 11.3. The van der Waals surface area contributed by atoms with E-state index in [0.717, 1.165) is 17.0 Å². The van der Waals surface area contributed by atoms with Crippen molar-refractivity contribution in [2.75, 3.05) is 11.9 Å². The lowest BCUT2D eigenvalue weighted by atomic mass is 10.2. The van der Waals surface area contributed by atoms with Crippen LogP contribution in [0.15, 0.2) is 24.3 Å². The van der Waals surface area contributed by atoms with Crippen molar-refractivity contribution in [2.45, 2.75) is 18.3 Å². The van der Waals surface area contributed by atoms with E-state index in [9.17, 15) is 22.8 Å². The predicted molar refractivity (Wildman–Crippen MR) is 81.4 cm³/mol. The molecule has 1 saturated heterocycles. The van der Waals surface area contributed by atoms with Gasteiger partial charge in [-0.25, -0.2) is 0 Å². The fourth-order valence-electron chi connectivity index (χ4n) is 1.83. The van der Waals surface area contributed by atoms with E-state index in [1.807, 2.05) is 0 Å². The maximum absolute atomic E-state index is 12.6. The standard InChI is InChI=1S/C13H11F3N2O2S2/c1-7-11(20)18(12(21)22-7)6-10(19)17-9-4-2-3-8(5-9)13(14,15)16/h2-5,7H,6H2,1H3,(H,17,19). The number of halogens is 3. The largest absolute Gasteiger partial charge is 0.416 e. The summed E-state index contributed by atoms with van der Waals surface area (Å²) in [7, 11) is 0. The number of thioether (sulfide) groups is 1. The number of thiocarbonyl (C=S) groups is 1. The zero-order chi connectivity index (χ0) is 16.5. The van der Waals surface area contributed by atoms with Crippen LogP contribution in [0.25, 0.3) is 0 Å². The minimum absolute atomic E-state index is 0.0121. The van der Waals surface area contributed by atoms with E-state index >= 15 is 0 Å². The summed E-state index contributed by atoms with van der Waals surface area (Å²) in [6.07, 6.45) is -4.49. The van der Waals surface area contributed by atoms with Gasteiger partial charge in [0.15, 0.2) is 0 Å². The van der Waals surface area contributed by atoms with E-state index in [2.05, 4.69) is 5.32 Å². The number of alkyl halides is 3. The van der Waals surface area contributed by atoms with E-state index in [-0.39, 0.29) is 27.7 Å². The zero-order valence-corrected chi connectivity index (χ0v) is 12.9. The van der Waals surface area contributed by atoms with Crippen LogP contribution in [0.3, 0.4) is 0 Å². The average molecular weight is 348 g/mol. The van der Waals surface area contributed by atoms with E-state index in [1.165, 1.54) is 23.9 Å². The first-order valence-corrected chi connectivity index (χ1v) is 7.46. The Kier molecular flexibility index (Phi) is 4.76. The van der Waals surface area contributed by atoms with Crippen molar-refractivity contribution in [3.8, 4) is 0 Å². The lowest BCUT2D eigenvalue weighted by molar-refractivity contribution is -0.137. The molecule has 1 fully saturated rings. The molecule has 1 aromatic carbocycles. The number of carbonyl (C=O) groups excluding carboxylic acids is 2. The molecule has 0 spiro atoms. The summed E-state index contributed by atoms with van der Waals surface area (Å²) in [5, 5.41) is 1.98. The molecule has 118 valence electrons. The molecule has 1 atom stereocenters. The Bertz CT molecular complexity index is 634. The van der Waals surface area contributed by atoms with Gasteiger partial charge in [-0.2, -0.15) is 13.2 Å². The van der Waals surface area contributed by atoms with Gasteiger partial charge in [-0.1, -0.05) is 30.0 Å². The lowest BCUT2D eigenvalue weighted by Crippen LogP contribution is -2.37. The Balaban J connectivity index is 2.04. The summed E-state index contributed by atoms with van der Waals surface area (Å²) in [5.41, 5.74) is -0.847. The van der Waals surface area contributed by atoms with Gasteiger partial charge in [0.1, 0.15) is 10.9 Å². The number of benzene rings is 1. The van der Waals surface area contributed by atoms with Crippen LogP contribution in [0.2, 0.25) is 0 Å². The highest BCUT2D eigenvalue weighted by molar-refractivity contribution is 8.24. The Morgan fingerprint density at radius 3 is 2.68 bits per heavy atom. The molecule has 0 bridgehead atoms. The van der Waals surface area contributed by atoms with Gasteiger partial charge in [-0.3, -0.25) is 14.5 Å². The third kappa shape index (κ3) is 3.77. The van der Waals surface area contributed by atoms with Crippen LogP contribution in [0.1, 0.15) is 12.5 Å². The number of nitrogens with zero attached hydrogens (tertiary/aromatic N) is 1. The molecule has 22 heavy (non-hydrogen) atoms. The molecule has 0 aliphatic carbocycles. The normalized spacial score (nSPS) is 18.7. The summed E-state index contributed by atoms with van der Waals surface area (Å²) in [6.45, 7) is 1.36. The molecule has 0 aromatic heterocycles. The maximum atomic E-state index is 12.6. The molecule has 1 heterocycles. The summed E-state index contributed by atoms with van der Waals surface area (Å²) in [5.74, 6) is -0.890. The molecule has 1 aliphatic rings. The second kappa shape index (κ2) is 6.25. The Morgan fingerprint density at radius 2 is 2.14 bits per heavy atom. The Morgan fingerprint density at radius 1 is 1.45 bits per heavy atom. The SMILES string of the molecule is CC1SC(=S)N(CC(=O)Nc2cccc(C(F)(F)F)c2)C1=O. The van der Waals surface area contributed by atoms with Gasteiger partial charge in [-0.05, 0) is 25.1 Å². The van der Waals surface area contributed by atoms with Crippen LogP contribution in [-0.2, 0) is 15.8 Å². The molecule has 2 amide bonds. The number of amides is 2. The van der Waals surface area contributed by atoms with Crippen molar-refractivity contribution >= 4 is 45.8 Å². The molecule has 9 heteroatoms. The second-order valence-corrected chi connectivity index (χ2v) is 6.55. The van der Waals surface area contributed by atoms with Crippen LogP contribution < -0.4 is 5.32 Å². The van der Waals surface area contributed by atoms with Crippen LogP contribution in [0.4, 0.5) is 18.9 Å². The number of hydrogen-bond donors (Lipinski definition) is 1. The smallest absolute Gasteiger partial charge is 0.325 e. The van der Waals surface area contributed by atoms with Crippen molar-refractivity contribution in [1.82, 2.24) is 4.90 Å². The molecule has 1 aromatic rings. The van der Waals surface area contributed by atoms with Crippen molar-refractivity contribution < 1.29 is 22.8 Å². The Labute approximate surface area is 134 Å². The third-order valence-corrected chi connectivity index (χ3v) is 4.37. The minimum atomic E-state index is -4.49. The molecular weight excluding hydrogens is 337 g/mol. The number of hydrogen-bond acceptors (Lipinski definition) is 4. The van der Waals surface area contributed by atoms with Crippen LogP contribution in [0.5, 0.6) is 0 Å². The number of carbonyl (C=O) groups is 2. The summed E-state index contributed by atoms with van der Waals surface area (Å²) < 4.78 is 38.1. The summed E-state index contributed by atoms with van der Waals surface area (Å²) >= 11 is 6.16. The highest BCUT2D eigenvalue weighted by Gasteiger charge is 2.35. The predicted octanol–water partition coefficient (Wildman–Crippen LogP) is 2.89. The summed E-state index contributed by atoms with van der Waals surface area (Å²) in [4.78, 5) is 24.8. The Hall–Kier alpha value is -1.61. The highest BCUT2D eigenvalue weighted by atomic mass is 32.2. The molecule has 4 nitrogen and oxygen atoms in total. The molecule has 0 radical (unpaired) electrons. The third-order valence-electron chi connectivity index (χ3n) is 2.89. The van der Waals surface area contributed by atoms with Crippen LogP contribution in [-0.4, -0.2) is 32.8 Å². The first-order chi connectivity index (χ1) is 10.2. The van der Waals surface area contributed by atoms with Crippen molar-refractivity contribution in [3.05, 3.63) is 29.8 Å². The van der Waals surface area contributed by atoms with E-state index < -0.39 is 17.6 Å². The number of nitrogens with one attached hydrogen (secondary N) is 1. The molecule has 1 unspecified atom stereocenters. The van der Waals surface area contributed by atoms with Gasteiger partial charge in [0.05, 0.1) is 10.8 Å². The first kappa shape index (κ1) is 16.8. The second-order valence-electron chi connectivity index (χ2n) is 4.58. The quantitative estimate of drug-likeness (QED) is 0.854. The van der Waals surface area contributed by atoms with Crippen molar-refractivity contribution in [1.29, 1.82) is 0 Å². The molecule has 1 N–H and O–H groups in total. The van der Waals surface area contributed by atoms with Gasteiger partial charge in [0.25, 0.3) is 0 Å². The van der Waals surface area contributed by atoms with Gasteiger partial charge >= 0.3 is 6.18 Å². The van der Waals surface area contributed by atoms with E-state index in [4.69, 9.17) is 12.2 Å². The number of anilines is 1. The highest BCUT2D eigenvalue weighted by Crippen LogP contribution is 2.31. The maximum Gasteiger partial charge on any atom is 0.416 e. The van der Waals surface area contributed by atoms with Crippen LogP contribution >= 0.6 is 24.0 Å². The van der Waals surface area contributed by atoms with Gasteiger partial charge in [0, 0.05) is 5.69 Å². The molecule has 2 rings (SSSR count). The fourth-order valence-corrected chi connectivity index (χ4v) is 3.23. The van der Waals surface area contributed by atoms with Crippen LogP contribution in [0, 0.1) is 0 Å². The topological polar surface area (TPSA) is 49.4 Å². The monoisotopic (exact) mass is 348 g/mol. The van der Waals surface area contributed by atoms with Gasteiger partial charge in [0.2, 0.25) is 11.8 Å². The van der Waals surface area contributed by atoms with Crippen molar-refractivity contribution in [2.24, 2.45) is 0 Å². The molecular formula is C13H11F3N2O2S2. The number of rotatable bonds is 3. The van der Waals surface area contributed by atoms with E-state index in [0.29, 0.717) is 0 Å². The molecule has 0 saturated carbocycles. The van der Waals surface area contributed by atoms with Gasteiger partial charge < -0.3 is 5.32 Å². The first-order valence-electron chi connectivity index (χ1n) is 6.17. The summed E-state index contributed by atoms with van der Waals surface area (Å²) in [6, 6.07) is 4.28. The minimum Gasteiger partial charge on any atom is -0.325 e. The molecule has 1 aliphatic heterocycles. The fraction of sp³-hybridized carbons (Fsp3) is 0.308. The average Bonchev–Trinajstić information content (AvgIpc) is 2.65.